The van der Waals surface area contributed by atoms with Crippen molar-refractivity contribution in [3.63, 3.8) is 0 Å². The van der Waals surface area contributed by atoms with E-state index in [1.165, 1.54) is 12.1 Å². The van der Waals surface area contributed by atoms with Crippen LogP contribution in [0.25, 0.3) is 0 Å². The zero-order valence-corrected chi connectivity index (χ0v) is 22.3. The topological polar surface area (TPSA) is 70.0 Å². The van der Waals surface area contributed by atoms with Gasteiger partial charge in [-0.3, -0.25) is 4.79 Å². The first kappa shape index (κ1) is 31.2. The van der Waals surface area contributed by atoms with Crippen LogP contribution in [0.2, 0.25) is 0 Å². The van der Waals surface area contributed by atoms with Gasteiger partial charge in [-0.2, -0.15) is 26.3 Å². The molecule has 1 aliphatic carbocycles. The predicted molar refractivity (Wildman–Crippen MR) is 134 cm³/mol. The van der Waals surface area contributed by atoms with Crippen molar-refractivity contribution in [1.82, 2.24) is 4.90 Å². The summed E-state index contributed by atoms with van der Waals surface area (Å²) in [6.07, 6.45) is -10.1. The number of benzene rings is 2. The van der Waals surface area contributed by atoms with Crippen molar-refractivity contribution >= 4 is 5.97 Å². The number of carboxylic acid groups (broad SMARTS) is 1. The van der Waals surface area contributed by atoms with Crippen LogP contribution in [0.3, 0.4) is 0 Å². The minimum atomic E-state index is -5.05. The summed E-state index contributed by atoms with van der Waals surface area (Å²) in [5.74, 6) is -1.91. The third-order valence-corrected chi connectivity index (χ3v) is 8.26. The van der Waals surface area contributed by atoms with Crippen LogP contribution in [0.5, 0.6) is 0 Å². The Morgan fingerprint density at radius 2 is 1.66 bits per heavy atom. The van der Waals surface area contributed by atoms with Crippen LogP contribution in [0.4, 0.5) is 30.7 Å². The van der Waals surface area contributed by atoms with E-state index in [0.29, 0.717) is 63.0 Å². The number of aliphatic hydroxyl groups is 1. The van der Waals surface area contributed by atoms with Crippen LogP contribution < -0.4 is 0 Å². The Morgan fingerprint density at radius 1 is 1.05 bits per heavy atom. The standard InChI is InChI=1S/C29H32F7NO4/c1-27(26(39)40)9-2-10-37(16-27)14-18-5-8-23(25(18)17-3-6-22(30)7-4-17)41-24(15-38)19-11-20(28(31,32)33)13-21(12-19)29(34,35)36/h3-4,6-7,11-13,18,23-25,38H,2,5,8-10,14-16H2,1H3,(H,39,40)/t18-,23-,24+,25-,27-/m0/s1. The summed E-state index contributed by atoms with van der Waals surface area (Å²) in [4.78, 5) is 13.9. The van der Waals surface area contributed by atoms with Crippen LogP contribution in [0.1, 0.15) is 66.9 Å². The molecule has 2 N–H and O–H groups in total. The number of carbonyl (C=O) groups is 1. The van der Waals surface area contributed by atoms with E-state index in [2.05, 4.69) is 0 Å². The SMILES string of the molecule is C[C@]1(C(=O)O)CCCN(C[C@@H]2CC[C@H](O[C@H](CO)c3cc(C(F)(F)F)cc(C(F)(F)F)c3)[C@H]2c2ccc(F)cc2)C1. The number of likely N-dealkylation sites (tertiary alicyclic amines) is 1. The van der Waals surface area contributed by atoms with Gasteiger partial charge in [-0.15, -0.1) is 0 Å². The quantitative estimate of drug-likeness (QED) is 0.336. The highest BCUT2D eigenvalue weighted by Crippen LogP contribution is 2.45. The maximum absolute atomic E-state index is 13.7. The summed E-state index contributed by atoms with van der Waals surface area (Å²) in [6.45, 7) is 2.31. The Bertz CT molecular complexity index is 1180. The largest absolute Gasteiger partial charge is 0.481 e. The molecule has 0 amide bonds. The summed E-state index contributed by atoms with van der Waals surface area (Å²) in [5, 5.41) is 19.8. The molecule has 0 aromatic heterocycles. The fraction of sp³-hybridized carbons (Fsp3) is 0.552. The van der Waals surface area contributed by atoms with Gasteiger partial charge in [-0.1, -0.05) is 12.1 Å². The maximum Gasteiger partial charge on any atom is 0.416 e. The number of piperidine rings is 1. The molecule has 2 aromatic carbocycles. The molecule has 1 aliphatic heterocycles. The summed E-state index contributed by atoms with van der Waals surface area (Å²) in [6, 6.07) is 6.77. The lowest BCUT2D eigenvalue weighted by atomic mass is 9.81. The van der Waals surface area contributed by atoms with Crippen LogP contribution >= 0.6 is 0 Å². The highest BCUT2D eigenvalue weighted by atomic mass is 19.4. The molecular weight excluding hydrogens is 559 g/mol. The highest BCUT2D eigenvalue weighted by Gasteiger charge is 2.44. The first-order valence-electron chi connectivity index (χ1n) is 13.4. The van der Waals surface area contributed by atoms with Gasteiger partial charge in [0.25, 0.3) is 0 Å². The second-order valence-electron chi connectivity index (χ2n) is 11.3. The normalized spacial score (nSPS) is 26.7. The number of aliphatic carboxylic acids is 1. The smallest absolute Gasteiger partial charge is 0.416 e. The lowest BCUT2D eigenvalue weighted by molar-refractivity contribution is -0.151. The van der Waals surface area contributed by atoms with Gasteiger partial charge in [0, 0.05) is 19.0 Å². The van der Waals surface area contributed by atoms with Gasteiger partial charge in [-0.05, 0) is 86.5 Å². The number of rotatable bonds is 8. The monoisotopic (exact) mass is 591 g/mol. The Hall–Kier alpha value is -2.70. The number of aliphatic hydroxyl groups excluding tert-OH is 1. The van der Waals surface area contributed by atoms with Crippen LogP contribution in [0.15, 0.2) is 42.5 Å². The summed E-state index contributed by atoms with van der Waals surface area (Å²) < 4.78 is 101. The number of hydrogen-bond acceptors (Lipinski definition) is 4. The Balaban J connectivity index is 1.63. The molecule has 5 atom stereocenters. The third-order valence-electron chi connectivity index (χ3n) is 8.26. The number of nitrogens with zero attached hydrogens (tertiary/aromatic N) is 1. The Kier molecular flexibility index (Phi) is 9.06. The van der Waals surface area contributed by atoms with E-state index in [0.717, 1.165) is 0 Å². The number of carboxylic acids is 1. The molecule has 0 radical (unpaired) electrons. The van der Waals surface area contributed by atoms with Gasteiger partial charge >= 0.3 is 18.3 Å². The maximum atomic E-state index is 13.7. The van der Waals surface area contributed by atoms with Crippen molar-refractivity contribution in [3.8, 4) is 0 Å². The first-order chi connectivity index (χ1) is 19.1. The van der Waals surface area contributed by atoms with Gasteiger partial charge in [-0.25, -0.2) is 4.39 Å². The van der Waals surface area contributed by atoms with Crippen molar-refractivity contribution < 1.29 is 50.5 Å². The lowest BCUT2D eigenvalue weighted by Gasteiger charge is -2.40. The average molecular weight is 592 g/mol. The molecule has 0 spiro atoms. The van der Waals surface area contributed by atoms with Gasteiger partial charge in [0.1, 0.15) is 11.9 Å². The lowest BCUT2D eigenvalue weighted by Crippen LogP contribution is -2.47. The second-order valence-corrected chi connectivity index (χ2v) is 11.3. The molecule has 1 saturated carbocycles. The van der Waals surface area contributed by atoms with E-state index in [1.807, 2.05) is 4.90 Å². The molecule has 2 aliphatic rings. The first-order valence-corrected chi connectivity index (χ1v) is 13.4. The minimum absolute atomic E-state index is 0.0222. The molecule has 1 saturated heterocycles. The molecule has 2 fully saturated rings. The minimum Gasteiger partial charge on any atom is -0.481 e. The van der Waals surface area contributed by atoms with E-state index >= 15 is 0 Å². The van der Waals surface area contributed by atoms with Gasteiger partial charge < -0.3 is 19.8 Å². The van der Waals surface area contributed by atoms with E-state index in [1.54, 1.807) is 19.1 Å². The number of hydrogen-bond donors (Lipinski definition) is 2. The molecule has 1 heterocycles. The molecule has 226 valence electrons. The molecular formula is C29H32F7NO4. The summed E-state index contributed by atoms with van der Waals surface area (Å²) in [5.41, 5.74) is -3.71. The van der Waals surface area contributed by atoms with Crippen molar-refractivity contribution in [2.75, 3.05) is 26.2 Å². The van der Waals surface area contributed by atoms with Gasteiger partial charge in [0.05, 0.1) is 29.3 Å². The molecule has 5 nitrogen and oxygen atoms in total. The van der Waals surface area contributed by atoms with Crippen LogP contribution in [-0.4, -0.2) is 53.4 Å². The van der Waals surface area contributed by atoms with E-state index in [4.69, 9.17) is 4.74 Å². The zero-order chi connectivity index (χ0) is 30.2. The highest BCUT2D eigenvalue weighted by molar-refractivity contribution is 5.74. The van der Waals surface area contributed by atoms with Crippen LogP contribution in [-0.2, 0) is 21.9 Å². The second kappa shape index (κ2) is 11.9. The van der Waals surface area contributed by atoms with Crippen molar-refractivity contribution in [2.45, 2.75) is 63.1 Å². The molecule has 2 aromatic rings. The number of halogens is 7. The number of ether oxygens (including phenoxy) is 1. The van der Waals surface area contributed by atoms with Gasteiger partial charge in [0.15, 0.2) is 0 Å². The Morgan fingerprint density at radius 3 is 2.20 bits per heavy atom. The molecule has 0 bridgehead atoms. The van der Waals surface area contributed by atoms with Crippen LogP contribution in [0, 0.1) is 17.2 Å². The number of alkyl halides is 6. The Labute approximate surface area is 232 Å². The molecule has 41 heavy (non-hydrogen) atoms. The molecule has 0 unspecified atom stereocenters. The van der Waals surface area contributed by atoms with Crippen molar-refractivity contribution in [1.29, 1.82) is 0 Å². The van der Waals surface area contributed by atoms with E-state index < -0.39 is 71.0 Å². The fourth-order valence-electron chi connectivity index (χ4n) is 6.18. The zero-order valence-electron chi connectivity index (χ0n) is 22.3. The average Bonchev–Trinajstić information content (AvgIpc) is 3.28. The predicted octanol–water partition coefficient (Wildman–Crippen LogP) is 6.66. The van der Waals surface area contributed by atoms with E-state index in [-0.39, 0.29) is 12.0 Å². The summed E-state index contributed by atoms with van der Waals surface area (Å²) >= 11 is 0. The molecule has 4 rings (SSSR count). The van der Waals surface area contributed by atoms with E-state index in [9.17, 15) is 45.7 Å². The van der Waals surface area contributed by atoms with Crippen molar-refractivity contribution in [3.05, 3.63) is 70.5 Å². The summed E-state index contributed by atoms with van der Waals surface area (Å²) in [7, 11) is 0. The van der Waals surface area contributed by atoms with Crippen molar-refractivity contribution in [2.24, 2.45) is 11.3 Å². The molecule has 12 heteroatoms. The van der Waals surface area contributed by atoms with Gasteiger partial charge in [0.2, 0.25) is 0 Å². The fourth-order valence-corrected chi connectivity index (χ4v) is 6.18. The third kappa shape index (κ3) is 7.21.